The van der Waals surface area contributed by atoms with Crippen molar-refractivity contribution in [1.29, 1.82) is 0 Å². The fourth-order valence-corrected chi connectivity index (χ4v) is 1.02. The Kier molecular flexibility index (Phi) is 1.31. The Bertz CT molecular complexity index is 255. The van der Waals surface area contributed by atoms with Crippen LogP contribution in [0.1, 0.15) is 0 Å². The number of carbonyl (C=O) groups is 1. The molecule has 1 aromatic heterocycles. The highest BCUT2D eigenvalue weighted by Crippen LogP contribution is 2.17. The lowest BCUT2D eigenvalue weighted by Gasteiger charge is -2.06. The molecule has 1 amide bonds. The minimum Gasteiger partial charge on any atom is -0.448 e. The first-order valence-corrected chi connectivity index (χ1v) is 3.36. The molecule has 0 radical (unpaired) electrons. The maximum absolute atomic E-state index is 10.9. The van der Waals surface area contributed by atoms with Crippen LogP contribution in [0.25, 0.3) is 0 Å². The van der Waals surface area contributed by atoms with Gasteiger partial charge >= 0.3 is 6.09 Å². The molecule has 1 aliphatic heterocycles. The first kappa shape index (κ1) is 6.27. The number of hydrogen-bond acceptors (Lipinski definition) is 3. The Labute approximate surface area is 63.3 Å². The molecular formula is C7H7NO3. The van der Waals surface area contributed by atoms with Crippen molar-refractivity contribution >= 4 is 12.0 Å². The van der Waals surface area contributed by atoms with Gasteiger partial charge in [-0.05, 0) is 6.07 Å². The lowest BCUT2D eigenvalue weighted by Crippen LogP contribution is -2.22. The predicted octanol–water partition coefficient (Wildman–Crippen LogP) is 1.24. The summed E-state index contributed by atoms with van der Waals surface area (Å²) in [5.74, 6) is 0.549. The van der Waals surface area contributed by atoms with Crippen LogP contribution in [0.5, 0.6) is 0 Å². The van der Waals surface area contributed by atoms with Crippen LogP contribution in [0.15, 0.2) is 22.8 Å². The second-order valence-corrected chi connectivity index (χ2v) is 2.22. The van der Waals surface area contributed by atoms with E-state index in [4.69, 9.17) is 9.15 Å². The van der Waals surface area contributed by atoms with Gasteiger partial charge in [0.1, 0.15) is 6.61 Å². The summed E-state index contributed by atoms with van der Waals surface area (Å²) >= 11 is 0. The normalized spacial score (nSPS) is 17.1. The highest BCUT2D eigenvalue weighted by Gasteiger charge is 2.25. The lowest BCUT2D eigenvalue weighted by molar-refractivity contribution is 0.180. The third kappa shape index (κ3) is 0.960. The summed E-state index contributed by atoms with van der Waals surface area (Å²) in [6.07, 6.45) is 1.20. The van der Waals surface area contributed by atoms with Crippen LogP contribution in [0.3, 0.4) is 0 Å². The highest BCUT2D eigenvalue weighted by molar-refractivity contribution is 5.87. The van der Waals surface area contributed by atoms with Crippen LogP contribution in [0.2, 0.25) is 0 Å². The molecule has 4 heteroatoms. The molecule has 0 unspecified atom stereocenters. The van der Waals surface area contributed by atoms with Crippen molar-refractivity contribution in [3.05, 3.63) is 18.4 Å². The molecule has 0 atom stereocenters. The minimum absolute atomic E-state index is 0.333. The van der Waals surface area contributed by atoms with Crippen LogP contribution in [-0.4, -0.2) is 19.2 Å². The van der Waals surface area contributed by atoms with Crippen molar-refractivity contribution in [2.45, 2.75) is 0 Å². The third-order valence-electron chi connectivity index (χ3n) is 1.53. The Morgan fingerprint density at radius 1 is 1.55 bits per heavy atom. The molecule has 58 valence electrons. The average Bonchev–Trinajstić information content (AvgIpc) is 2.55. The average molecular weight is 153 g/mol. The smallest absolute Gasteiger partial charge is 0.416 e. The molecule has 0 N–H and O–H groups in total. The fraction of sp³-hybridized carbons (Fsp3) is 0.286. The summed E-state index contributed by atoms with van der Waals surface area (Å²) in [5.41, 5.74) is 0. The van der Waals surface area contributed by atoms with E-state index in [1.54, 1.807) is 12.1 Å². The largest absolute Gasteiger partial charge is 0.448 e. The molecule has 2 heterocycles. The first-order chi connectivity index (χ1) is 5.38. The number of anilines is 1. The molecule has 11 heavy (non-hydrogen) atoms. The third-order valence-corrected chi connectivity index (χ3v) is 1.53. The maximum Gasteiger partial charge on any atom is 0.416 e. The van der Waals surface area contributed by atoms with Crippen molar-refractivity contribution in [2.75, 3.05) is 18.1 Å². The Balaban J connectivity index is 2.23. The van der Waals surface area contributed by atoms with Crippen molar-refractivity contribution in [2.24, 2.45) is 0 Å². The zero-order valence-electron chi connectivity index (χ0n) is 5.82. The molecule has 4 nitrogen and oxygen atoms in total. The molecule has 1 fully saturated rings. The first-order valence-electron chi connectivity index (χ1n) is 3.36. The van der Waals surface area contributed by atoms with Gasteiger partial charge in [-0.3, -0.25) is 0 Å². The van der Waals surface area contributed by atoms with E-state index >= 15 is 0 Å². The molecular weight excluding hydrogens is 146 g/mol. The summed E-state index contributed by atoms with van der Waals surface area (Å²) in [4.78, 5) is 12.4. The maximum atomic E-state index is 10.9. The fourth-order valence-electron chi connectivity index (χ4n) is 1.02. The summed E-state index contributed by atoms with van der Waals surface area (Å²) in [5, 5.41) is 0. The standard InChI is InChI=1S/C7H7NO3/c9-7-8(3-5-11-7)6-2-1-4-10-6/h1-2,4H,3,5H2. The van der Waals surface area contributed by atoms with Crippen molar-refractivity contribution in [3.63, 3.8) is 0 Å². The van der Waals surface area contributed by atoms with Crippen molar-refractivity contribution in [3.8, 4) is 0 Å². The van der Waals surface area contributed by atoms with Crippen molar-refractivity contribution < 1.29 is 13.9 Å². The summed E-state index contributed by atoms with van der Waals surface area (Å²) < 4.78 is 9.73. The van der Waals surface area contributed by atoms with Crippen molar-refractivity contribution in [1.82, 2.24) is 0 Å². The summed E-state index contributed by atoms with van der Waals surface area (Å²) in [6.45, 7) is 1.02. The lowest BCUT2D eigenvalue weighted by atomic mass is 10.5. The van der Waals surface area contributed by atoms with E-state index in [0.29, 0.717) is 19.0 Å². The summed E-state index contributed by atoms with van der Waals surface area (Å²) in [6, 6.07) is 3.47. The molecule has 0 spiro atoms. The Hall–Kier alpha value is -1.45. The zero-order chi connectivity index (χ0) is 7.68. The van der Waals surface area contributed by atoms with Gasteiger partial charge in [-0.1, -0.05) is 0 Å². The summed E-state index contributed by atoms with van der Waals surface area (Å²) in [7, 11) is 0. The van der Waals surface area contributed by atoms with Gasteiger partial charge in [0, 0.05) is 6.07 Å². The van der Waals surface area contributed by atoms with E-state index in [-0.39, 0.29) is 6.09 Å². The predicted molar refractivity (Wildman–Crippen MR) is 37.4 cm³/mol. The van der Waals surface area contributed by atoms with Crippen LogP contribution in [-0.2, 0) is 4.74 Å². The molecule has 0 bridgehead atoms. The van der Waals surface area contributed by atoms with Gasteiger partial charge < -0.3 is 9.15 Å². The monoisotopic (exact) mass is 153 g/mol. The van der Waals surface area contributed by atoms with E-state index in [9.17, 15) is 4.79 Å². The number of furan rings is 1. The number of amides is 1. The molecule has 0 saturated carbocycles. The number of hydrogen-bond donors (Lipinski definition) is 0. The van der Waals surface area contributed by atoms with E-state index in [1.165, 1.54) is 11.2 Å². The van der Waals surface area contributed by atoms with Gasteiger partial charge in [0.05, 0.1) is 12.8 Å². The van der Waals surface area contributed by atoms with Gasteiger partial charge in [0.2, 0.25) is 5.88 Å². The Morgan fingerprint density at radius 2 is 2.45 bits per heavy atom. The van der Waals surface area contributed by atoms with Crippen LogP contribution in [0, 0.1) is 0 Å². The molecule has 0 aliphatic carbocycles. The van der Waals surface area contributed by atoms with Crippen LogP contribution in [0.4, 0.5) is 10.7 Å². The Morgan fingerprint density at radius 3 is 3.00 bits per heavy atom. The van der Waals surface area contributed by atoms with E-state index in [0.717, 1.165) is 0 Å². The second kappa shape index (κ2) is 2.30. The van der Waals surface area contributed by atoms with Gasteiger partial charge in [-0.15, -0.1) is 0 Å². The quantitative estimate of drug-likeness (QED) is 0.609. The van der Waals surface area contributed by atoms with Gasteiger partial charge in [-0.25, -0.2) is 9.69 Å². The van der Waals surface area contributed by atoms with Crippen LogP contribution < -0.4 is 4.90 Å². The van der Waals surface area contributed by atoms with Gasteiger partial charge in [0.15, 0.2) is 0 Å². The molecule has 1 aliphatic rings. The number of rotatable bonds is 1. The minimum atomic E-state index is -0.333. The molecule has 1 saturated heterocycles. The van der Waals surface area contributed by atoms with Gasteiger partial charge in [0.25, 0.3) is 0 Å². The second-order valence-electron chi connectivity index (χ2n) is 2.22. The number of carbonyl (C=O) groups excluding carboxylic acids is 1. The van der Waals surface area contributed by atoms with E-state index in [2.05, 4.69) is 0 Å². The molecule has 1 aromatic rings. The zero-order valence-corrected chi connectivity index (χ0v) is 5.82. The molecule has 0 aromatic carbocycles. The number of ether oxygens (including phenoxy) is 1. The SMILES string of the molecule is O=C1OCCN1c1ccco1. The highest BCUT2D eigenvalue weighted by atomic mass is 16.6. The number of nitrogens with zero attached hydrogens (tertiary/aromatic N) is 1. The van der Waals surface area contributed by atoms with E-state index < -0.39 is 0 Å². The number of cyclic esters (lactones) is 1. The van der Waals surface area contributed by atoms with E-state index in [1.807, 2.05) is 0 Å². The molecule has 2 rings (SSSR count). The van der Waals surface area contributed by atoms with Crippen LogP contribution >= 0.6 is 0 Å². The topological polar surface area (TPSA) is 42.7 Å². The van der Waals surface area contributed by atoms with Gasteiger partial charge in [-0.2, -0.15) is 0 Å².